The minimum atomic E-state index is -0.380. The fourth-order valence-electron chi connectivity index (χ4n) is 2.92. The zero-order chi connectivity index (χ0) is 15.6. The molecule has 1 amide bonds. The van der Waals surface area contributed by atoms with Crippen LogP contribution >= 0.6 is 11.3 Å². The van der Waals surface area contributed by atoms with Crippen molar-refractivity contribution in [3.8, 4) is 0 Å². The summed E-state index contributed by atoms with van der Waals surface area (Å²) >= 11 is 1.80. The summed E-state index contributed by atoms with van der Waals surface area (Å²) in [7, 11) is 0. The molecule has 0 aromatic carbocycles. The number of carbonyl (C=O) groups excluding carboxylic acids is 2. The molecule has 2 rings (SSSR count). The van der Waals surface area contributed by atoms with Gasteiger partial charge in [0.15, 0.2) is 5.78 Å². The second kappa shape index (κ2) is 6.71. The summed E-state index contributed by atoms with van der Waals surface area (Å²) in [4.78, 5) is 27.4. The first kappa shape index (κ1) is 16.2. The first-order chi connectivity index (χ1) is 9.90. The lowest BCUT2D eigenvalue weighted by Gasteiger charge is -2.33. The Morgan fingerprint density at radius 3 is 2.81 bits per heavy atom. The number of Topliss-reactive ketones (excluding diaryl/α,β-unsaturated/α-hetero) is 1. The van der Waals surface area contributed by atoms with Gasteiger partial charge >= 0.3 is 0 Å². The van der Waals surface area contributed by atoms with E-state index in [4.69, 9.17) is 0 Å². The van der Waals surface area contributed by atoms with E-state index >= 15 is 0 Å². The maximum Gasteiger partial charge on any atom is 0.234 e. The van der Waals surface area contributed by atoms with Crippen LogP contribution in [0.3, 0.4) is 0 Å². The number of amides is 1. The number of thiophene rings is 1. The highest BCUT2D eigenvalue weighted by Crippen LogP contribution is 2.32. The number of carbonyl (C=O) groups is 2. The van der Waals surface area contributed by atoms with Crippen LogP contribution in [0.15, 0.2) is 11.4 Å². The Bertz CT molecular complexity index is 524. The van der Waals surface area contributed by atoms with E-state index in [-0.39, 0.29) is 29.7 Å². The summed E-state index contributed by atoms with van der Waals surface area (Å²) in [6, 6.07) is 2.04. The summed E-state index contributed by atoms with van der Waals surface area (Å²) in [5, 5.41) is 4.99. The predicted octanol–water partition coefficient (Wildman–Crippen LogP) is 2.40. The van der Waals surface area contributed by atoms with E-state index < -0.39 is 0 Å². The molecule has 116 valence electrons. The van der Waals surface area contributed by atoms with Gasteiger partial charge in [0.25, 0.3) is 0 Å². The molecule has 0 saturated heterocycles. The second-order valence-electron chi connectivity index (χ2n) is 6.10. The molecule has 21 heavy (non-hydrogen) atoms. The van der Waals surface area contributed by atoms with Crippen molar-refractivity contribution in [1.29, 1.82) is 0 Å². The fourth-order valence-corrected chi connectivity index (χ4v) is 3.88. The van der Waals surface area contributed by atoms with Gasteiger partial charge in [-0.3, -0.25) is 14.5 Å². The summed E-state index contributed by atoms with van der Waals surface area (Å²) in [5.74, 6) is 0.0771. The van der Waals surface area contributed by atoms with E-state index in [1.807, 2.05) is 13.8 Å². The van der Waals surface area contributed by atoms with Crippen molar-refractivity contribution in [2.75, 3.05) is 13.1 Å². The highest BCUT2D eigenvalue weighted by molar-refractivity contribution is 7.10. The molecule has 0 radical (unpaired) electrons. The molecule has 2 heterocycles. The Hall–Kier alpha value is -1.20. The highest BCUT2D eigenvalue weighted by atomic mass is 32.1. The first-order valence-electron chi connectivity index (χ1n) is 7.50. The normalized spacial score (nSPS) is 20.1. The fraction of sp³-hybridized carbons (Fsp3) is 0.625. The Morgan fingerprint density at radius 2 is 2.19 bits per heavy atom. The zero-order valence-electron chi connectivity index (χ0n) is 13.2. The van der Waals surface area contributed by atoms with Crippen molar-refractivity contribution in [3.05, 3.63) is 21.9 Å². The predicted molar refractivity (Wildman–Crippen MR) is 85.5 cm³/mol. The number of fused-ring (bicyclic) bond motifs is 1. The van der Waals surface area contributed by atoms with Crippen LogP contribution in [-0.4, -0.2) is 35.7 Å². The first-order valence-corrected chi connectivity index (χ1v) is 8.38. The maximum atomic E-state index is 12.2. The third-order valence-corrected chi connectivity index (χ3v) is 5.17. The summed E-state index contributed by atoms with van der Waals surface area (Å²) in [6.07, 6.45) is 1.00. The molecule has 2 unspecified atom stereocenters. The minimum Gasteiger partial charge on any atom is -0.345 e. The molecule has 0 fully saturated rings. The zero-order valence-corrected chi connectivity index (χ0v) is 14.0. The van der Waals surface area contributed by atoms with Gasteiger partial charge in [-0.25, -0.2) is 0 Å². The molecule has 1 N–H and O–H groups in total. The lowest BCUT2D eigenvalue weighted by atomic mass is 10.00. The summed E-state index contributed by atoms with van der Waals surface area (Å²) < 4.78 is 0. The van der Waals surface area contributed by atoms with Crippen molar-refractivity contribution < 1.29 is 9.59 Å². The third kappa shape index (κ3) is 3.71. The van der Waals surface area contributed by atoms with E-state index in [1.165, 1.54) is 17.4 Å². The Balaban J connectivity index is 1.96. The minimum absolute atomic E-state index is 0.0187. The van der Waals surface area contributed by atoms with Crippen molar-refractivity contribution in [1.82, 2.24) is 10.2 Å². The summed E-state index contributed by atoms with van der Waals surface area (Å²) in [6.45, 7) is 8.83. The molecule has 5 heteroatoms. The van der Waals surface area contributed by atoms with Gasteiger partial charge in [0.05, 0.1) is 12.6 Å². The molecule has 0 bridgehead atoms. The standard InChI is InChI=1S/C16H24N2O2S/c1-10(2)16(12(4)19)17-15(20)9-18-7-5-14-13(11(18)3)6-8-21-14/h6,8,10-11,16H,5,7,9H2,1-4H3,(H,17,20). The van der Waals surface area contributed by atoms with Gasteiger partial charge in [-0.2, -0.15) is 0 Å². The molecule has 0 spiro atoms. The van der Waals surface area contributed by atoms with Crippen LogP contribution in [0.5, 0.6) is 0 Å². The van der Waals surface area contributed by atoms with E-state index in [2.05, 4.69) is 28.6 Å². The SMILES string of the molecule is CC(=O)C(NC(=O)CN1CCc2sccc2C1C)C(C)C. The maximum absolute atomic E-state index is 12.2. The van der Waals surface area contributed by atoms with Crippen molar-refractivity contribution in [3.63, 3.8) is 0 Å². The van der Waals surface area contributed by atoms with Crippen LogP contribution < -0.4 is 5.32 Å². The number of hydrogen-bond acceptors (Lipinski definition) is 4. The topological polar surface area (TPSA) is 49.4 Å². The Labute approximate surface area is 130 Å². The van der Waals surface area contributed by atoms with Gasteiger partial charge in [0.2, 0.25) is 5.91 Å². The van der Waals surface area contributed by atoms with Crippen LogP contribution in [0.1, 0.15) is 44.2 Å². The molecule has 4 nitrogen and oxygen atoms in total. The Morgan fingerprint density at radius 1 is 1.48 bits per heavy atom. The molecule has 1 aromatic rings. The van der Waals surface area contributed by atoms with Crippen LogP contribution in [0.4, 0.5) is 0 Å². The van der Waals surface area contributed by atoms with Gasteiger partial charge in [0.1, 0.15) is 0 Å². The van der Waals surface area contributed by atoms with E-state index in [1.54, 1.807) is 11.3 Å². The number of rotatable bonds is 5. The van der Waals surface area contributed by atoms with Crippen molar-refractivity contribution in [2.24, 2.45) is 5.92 Å². The molecular weight excluding hydrogens is 284 g/mol. The van der Waals surface area contributed by atoms with Crippen LogP contribution in [0.25, 0.3) is 0 Å². The molecular formula is C16H24N2O2S. The number of nitrogens with one attached hydrogen (secondary N) is 1. The van der Waals surface area contributed by atoms with Crippen molar-refractivity contribution >= 4 is 23.0 Å². The van der Waals surface area contributed by atoms with Gasteiger partial charge in [-0.15, -0.1) is 11.3 Å². The average molecular weight is 308 g/mol. The van der Waals surface area contributed by atoms with Gasteiger partial charge in [-0.1, -0.05) is 13.8 Å². The third-order valence-electron chi connectivity index (χ3n) is 4.17. The molecule has 1 aliphatic rings. The lowest BCUT2D eigenvalue weighted by Crippen LogP contribution is -2.48. The molecule has 1 aliphatic heterocycles. The lowest BCUT2D eigenvalue weighted by molar-refractivity contribution is -0.128. The monoisotopic (exact) mass is 308 g/mol. The number of ketones is 1. The van der Waals surface area contributed by atoms with Gasteiger partial charge in [-0.05, 0) is 43.2 Å². The van der Waals surface area contributed by atoms with E-state index in [9.17, 15) is 9.59 Å². The average Bonchev–Trinajstić information content (AvgIpc) is 2.87. The van der Waals surface area contributed by atoms with Crippen molar-refractivity contribution in [2.45, 2.75) is 46.2 Å². The molecule has 0 saturated carbocycles. The number of hydrogen-bond donors (Lipinski definition) is 1. The molecule has 1 aromatic heterocycles. The smallest absolute Gasteiger partial charge is 0.234 e. The van der Waals surface area contributed by atoms with Gasteiger partial charge < -0.3 is 5.32 Å². The molecule has 0 aliphatic carbocycles. The summed E-state index contributed by atoms with van der Waals surface area (Å²) in [5.41, 5.74) is 1.34. The van der Waals surface area contributed by atoms with Crippen LogP contribution in [0.2, 0.25) is 0 Å². The van der Waals surface area contributed by atoms with Crippen LogP contribution in [-0.2, 0) is 16.0 Å². The Kier molecular flexibility index (Phi) is 5.17. The van der Waals surface area contributed by atoms with Crippen LogP contribution in [0, 0.1) is 5.92 Å². The highest BCUT2D eigenvalue weighted by Gasteiger charge is 2.27. The second-order valence-corrected chi connectivity index (χ2v) is 7.10. The largest absolute Gasteiger partial charge is 0.345 e. The quantitative estimate of drug-likeness (QED) is 0.908. The number of nitrogens with zero attached hydrogens (tertiary/aromatic N) is 1. The molecule has 2 atom stereocenters. The van der Waals surface area contributed by atoms with Gasteiger partial charge in [0, 0.05) is 17.5 Å². The van der Waals surface area contributed by atoms with E-state index in [0.29, 0.717) is 6.54 Å². The van der Waals surface area contributed by atoms with E-state index in [0.717, 1.165) is 13.0 Å².